The second-order valence-corrected chi connectivity index (χ2v) is 8.68. The van der Waals surface area contributed by atoms with Gasteiger partial charge in [0.2, 0.25) is 0 Å². The maximum absolute atomic E-state index is 15.0. The van der Waals surface area contributed by atoms with Crippen molar-refractivity contribution in [2.45, 2.75) is 31.2 Å². The fourth-order valence-corrected chi connectivity index (χ4v) is 5.18. The summed E-state index contributed by atoms with van der Waals surface area (Å²) < 4.78 is 30.1. The molecule has 0 amide bonds. The van der Waals surface area contributed by atoms with Crippen molar-refractivity contribution in [3.05, 3.63) is 94.8 Å². The number of rotatable bonds is 1. The SMILES string of the molecule is CN1CN(c2c(F)cc(C#Cc3ccccc3)cc2F)CC[C@]12CCCc1ccncc12. The average Bonchev–Trinajstić information content (AvgIpc) is 2.80. The number of nitrogens with zero attached hydrogens (tertiary/aromatic N) is 3. The molecule has 2 aromatic carbocycles. The Balaban J connectivity index is 1.40. The van der Waals surface area contributed by atoms with E-state index in [-0.39, 0.29) is 11.2 Å². The predicted molar refractivity (Wildman–Crippen MR) is 122 cm³/mol. The maximum atomic E-state index is 15.0. The topological polar surface area (TPSA) is 19.4 Å². The summed E-state index contributed by atoms with van der Waals surface area (Å²) in [5, 5.41) is 0. The van der Waals surface area contributed by atoms with Gasteiger partial charge in [0.15, 0.2) is 11.6 Å². The number of hydrogen-bond acceptors (Lipinski definition) is 3. The van der Waals surface area contributed by atoms with Gasteiger partial charge in [-0.05, 0) is 74.2 Å². The second kappa shape index (κ2) is 8.37. The molecule has 0 N–H and O–H groups in total. The van der Waals surface area contributed by atoms with Crippen LogP contribution in [0.4, 0.5) is 14.5 Å². The van der Waals surface area contributed by atoms with Crippen molar-refractivity contribution in [1.29, 1.82) is 0 Å². The smallest absolute Gasteiger partial charge is 0.150 e. The Morgan fingerprint density at radius 3 is 2.47 bits per heavy atom. The monoisotopic (exact) mass is 429 g/mol. The Morgan fingerprint density at radius 1 is 0.969 bits per heavy atom. The lowest BCUT2D eigenvalue weighted by Gasteiger charge is -2.52. The van der Waals surface area contributed by atoms with E-state index in [0.717, 1.165) is 31.2 Å². The van der Waals surface area contributed by atoms with Crippen LogP contribution in [-0.2, 0) is 12.0 Å². The summed E-state index contributed by atoms with van der Waals surface area (Å²) in [6.07, 6.45) is 7.83. The van der Waals surface area contributed by atoms with Crippen molar-refractivity contribution in [1.82, 2.24) is 9.88 Å². The molecule has 5 rings (SSSR count). The number of aromatic nitrogens is 1. The summed E-state index contributed by atoms with van der Waals surface area (Å²) >= 11 is 0. The first-order chi connectivity index (χ1) is 15.6. The van der Waals surface area contributed by atoms with Gasteiger partial charge in [0, 0.05) is 30.1 Å². The summed E-state index contributed by atoms with van der Waals surface area (Å²) in [7, 11) is 2.05. The van der Waals surface area contributed by atoms with Crippen LogP contribution in [0, 0.1) is 23.5 Å². The number of pyridine rings is 1. The lowest BCUT2D eigenvalue weighted by molar-refractivity contribution is 0.0623. The molecule has 1 aliphatic carbocycles. The molecule has 0 bridgehead atoms. The quantitative estimate of drug-likeness (QED) is 0.502. The Labute approximate surface area is 187 Å². The molecule has 2 aliphatic rings. The van der Waals surface area contributed by atoms with Crippen LogP contribution < -0.4 is 4.90 Å². The minimum Gasteiger partial charge on any atom is -0.354 e. The van der Waals surface area contributed by atoms with Gasteiger partial charge in [0.05, 0.1) is 12.2 Å². The standard InChI is InChI=1S/C27H25F2N3/c1-31-19-32(15-13-27(31)12-5-8-22-11-14-30-18-23(22)27)26-24(28)16-21(17-25(26)29)10-9-20-6-3-2-4-7-20/h2-4,6-7,11,14,16-18H,5,8,12-13,15,19H2,1H3/t27-/m0/s1. The van der Waals surface area contributed by atoms with E-state index < -0.39 is 11.6 Å². The highest BCUT2D eigenvalue weighted by Gasteiger charge is 2.44. The molecule has 1 atom stereocenters. The fraction of sp³-hybridized carbons (Fsp3) is 0.296. The zero-order chi connectivity index (χ0) is 22.1. The predicted octanol–water partition coefficient (Wildman–Crippen LogP) is 5.09. The van der Waals surface area contributed by atoms with E-state index in [4.69, 9.17) is 0 Å². The summed E-state index contributed by atoms with van der Waals surface area (Å²) in [4.78, 5) is 8.40. The van der Waals surface area contributed by atoms with Gasteiger partial charge >= 0.3 is 0 Å². The van der Waals surface area contributed by atoms with E-state index >= 15 is 8.78 Å². The molecule has 1 aliphatic heterocycles. The number of fused-ring (bicyclic) bond motifs is 2. The normalized spacial score (nSPS) is 20.5. The van der Waals surface area contributed by atoms with Gasteiger partial charge in [-0.25, -0.2) is 8.78 Å². The molecule has 1 spiro atoms. The molecule has 3 aromatic rings. The van der Waals surface area contributed by atoms with Gasteiger partial charge in [-0.15, -0.1) is 0 Å². The van der Waals surface area contributed by atoms with Crippen molar-refractivity contribution in [2.75, 3.05) is 25.2 Å². The largest absolute Gasteiger partial charge is 0.354 e. The minimum atomic E-state index is -0.572. The summed E-state index contributed by atoms with van der Waals surface area (Å²) in [6, 6.07) is 14.2. The van der Waals surface area contributed by atoms with Crippen LogP contribution >= 0.6 is 0 Å². The third-order valence-corrected chi connectivity index (χ3v) is 6.82. The summed E-state index contributed by atoms with van der Waals surface area (Å²) in [5.41, 5.74) is 3.65. The highest BCUT2D eigenvalue weighted by Crippen LogP contribution is 2.44. The molecular weight excluding hydrogens is 404 g/mol. The first kappa shape index (κ1) is 20.7. The number of aryl methyl sites for hydroxylation is 1. The molecule has 32 heavy (non-hydrogen) atoms. The highest BCUT2D eigenvalue weighted by molar-refractivity contribution is 5.55. The first-order valence-corrected chi connectivity index (χ1v) is 11.0. The van der Waals surface area contributed by atoms with Crippen LogP contribution in [0.3, 0.4) is 0 Å². The number of halogens is 2. The lowest BCUT2D eigenvalue weighted by atomic mass is 9.73. The molecule has 0 saturated carbocycles. The number of hydrogen-bond donors (Lipinski definition) is 0. The molecular formula is C27H25F2N3. The molecule has 5 heteroatoms. The molecule has 162 valence electrons. The summed E-state index contributed by atoms with van der Waals surface area (Å²) in [5.74, 6) is 4.69. The zero-order valence-electron chi connectivity index (χ0n) is 18.1. The van der Waals surface area contributed by atoms with E-state index in [1.807, 2.05) is 49.8 Å². The van der Waals surface area contributed by atoms with Crippen molar-refractivity contribution >= 4 is 5.69 Å². The van der Waals surface area contributed by atoms with Crippen molar-refractivity contribution in [2.24, 2.45) is 0 Å². The Hall–Kier alpha value is -3.23. The average molecular weight is 430 g/mol. The first-order valence-electron chi connectivity index (χ1n) is 11.0. The van der Waals surface area contributed by atoms with Crippen molar-refractivity contribution in [3.8, 4) is 11.8 Å². The van der Waals surface area contributed by atoms with Crippen molar-refractivity contribution in [3.63, 3.8) is 0 Å². The molecule has 2 heterocycles. The third kappa shape index (κ3) is 3.65. The van der Waals surface area contributed by atoms with E-state index in [9.17, 15) is 0 Å². The maximum Gasteiger partial charge on any atom is 0.150 e. The van der Waals surface area contributed by atoms with E-state index in [0.29, 0.717) is 18.8 Å². The van der Waals surface area contributed by atoms with Gasteiger partial charge in [0.25, 0.3) is 0 Å². The molecule has 1 aromatic heterocycles. The third-order valence-electron chi connectivity index (χ3n) is 6.82. The van der Waals surface area contributed by atoms with Gasteiger partial charge in [-0.2, -0.15) is 0 Å². The van der Waals surface area contributed by atoms with Crippen LogP contribution in [0.15, 0.2) is 60.9 Å². The Kier molecular flexibility index (Phi) is 5.40. The lowest BCUT2D eigenvalue weighted by Crippen LogP contribution is -2.57. The zero-order valence-corrected chi connectivity index (χ0v) is 18.1. The van der Waals surface area contributed by atoms with Crippen LogP contribution in [0.1, 0.15) is 41.5 Å². The molecule has 0 unspecified atom stereocenters. The van der Waals surface area contributed by atoms with Crippen LogP contribution in [0.25, 0.3) is 0 Å². The van der Waals surface area contributed by atoms with Crippen molar-refractivity contribution < 1.29 is 8.78 Å². The van der Waals surface area contributed by atoms with E-state index in [1.165, 1.54) is 23.3 Å². The van der Waals surface area contributed by atoms with Crippen LogP contribution in [-0.4, -0.2) is 30.1 Å². The van der Waals surface area contributed by atoms with E-state index in [1.54, 1.807) is 4.90 Å². The molecule has 1 fully saturated rings. The van der Waals surface area contributed by atoms with E-state index in [2.05, 4.69) is 27.8 Å². The second-order valence-electron chi connectivity index (χ2n) is 8.68. The summed E-state index contributed by atoms with van der Waals surface area (Å²) in [6.45, 7) is 1.04. The number of anilines is 1. The molecule has 1 saturated heterocycles. The fourth-order valence-electron chi connectivity index (χ4n) is 5.18. The Bertz CT molecular complexity index is 1180. The minimum absolute atomic E-state index is 0.0270. The molecule has 3 nitrogen and oxygen atoms in total. The number of benzene rings is 2. The Morgan fingerprint density at radius 2 is 1.72 bits per heavy atom. The van der Waals surface area contributed by atoms with Crippen LogP contribution in [0.5, 0.6) is 0 Å². The van der Waals surface area contributed by atoms with Gasteiger partial charge in [0.1, 0.15) is 5.69 Å². The van der Waals surface area contributed by atoms with Gasteiger partial charge < -0.3 is 4.90 Å². The molecule has 0 radical (unpaired) electrons. The van der Waals surface area contributed by atoms with Crippen LogP contribution in [0.2, 0.25) is 0 Å². The van der Waals surface area contributed by atoms with Gasteiger partial charge in [-0.1, -0.05) is 30.0 Å². The van der Waals surface area contributed by atoms with Gasteiger partial charge in [-0.3, -0.25) is 9.88 Å². The highest BCUT2D eigenvalue weighted by atomic mass is 19.1.